The van der Waals surface area contributed by atoms with E-state index in [9.17, 15) is 8.42 Å². The summed E-state index contributed by atoms with van der Waals surface area (Å²) in [6.07, 6.45) is 5.46. The Labute approximate surface area is 205 Å². The second-order valence-corrected chi connectivity index (χ2v) is 11.2. The summed E-state index contributed by atoms with van der Waals surface area (Å²) < 4.78 is 40.2. The van der Waals surface area contributed by atoms with E-state index in [1.807, 2.05) is 36.7 Å². The van der Waals surface area contributed by atoms with E-state index in [4.69, 9.17) is 26.1 Å². The minimum atomic E-state index is -3.24. The number of nitrogens with zero attached hydrogens (tertiary/aromatic N) is 3. The van der Waals surface area contributed by atoms with Crippen molar-refractivity contribution in [3.8, 4) is 22.8 Å². The van der Waals surface area contributed by atoms with Gasteiger partial charge in [0.15, 0.2) is 0 Å². The zero-order valence-corrected chi connectivity index (χ0v) is 21.5. The van der Waals surface area contributed by atoms with Crippen molar-refractivity contribution in [3.63, 3.8) is 0 Å². The van der Waals surface area contributed by atoms with Gasteiger partial charge in [-0.3, -0.25) is 0 Å². The van der Waals surface area contributed by atoms with Gasteiger partial charge in [-0.05, 0) is 30.9 Å². The molecule has 10 heteroatoms. The number of methoxy groups -OCH3 is 2. The molecule has 3 heterocycles. The Bertz CT molecular complexity index is 1270. The van der Waals surface area contributed by atoms with Crippen molar-refractivity contribution in [2.24, 2.45) is 5.92 Å². The molecule has 0 bridgehead atoms. The van der Waals surface area contributed by atoms with Crippen LogP contribution in [0.25, 0.3) is 16.9 Å². The lowest BCUT2D eigenvalue weighted by molar-refractivity contribution is 0.395. The van der Waals surface area contributed by atoms with Crippen molar-refractivity contribution in [1.29, 1.82) is 0 Å². The van der Waals surface area contributed by atoms with Crippen LogP contribution >= 0.6 is 11.6 Å². The number of hydrogen-bond donors (Lipinski definition) is 1. The maximum atomic E-state index is 12.3. The summed E-state index contributed by atoms with van der Waals surface area (Å²) in [5.41, 5.74) is 3.40. The van der Waals surface area contributed by atoms with Gasteiger partial charge in [0, 0.05) is 54.9 Å². The maximum absolute atomic E-state index is 12.3. The Balaban J connectivity index is 1.50. The van der Waals surface area contributed by atoms with Crippen LogP contribution in [0, 0.1) is 5.92 Å². The lowest BCUT2D eigenvalue weighted by atomic mass is 10.1. The van der Waals surface area contributed by atoms with E-state index in [1.54, 1.807) is 26.4 Å². The van der Waals surface area contributed by atoms with Crippen LogP contribution in [-0.2, 0) is 10.0 Å². The Morgan fingerprint density at radius 3 is 2.50 bits per heavy atom. The van der Waals surface area contributed by atoms with Crippen molar-refractivity contribution in [1.82, 2.24) is 14.1 Å². The maximum Gasteiger partial charge on any atom is 0.212 e. The number of rotatable bonds is 8. The molecule has 8 nitrogen and oxygen atoms in total. The lowest BCUT2D eigenvalue weighted by Gasteiger charge is -2.33. The van der Waals surface area contributed by atoms with Crippen molar-refractivity contribution in [2.75, 3.05) is 38.0 Å². The third-order valence-corrected chi connectivity index (χ3v) is 8.05. The molecule has 3 aromatic rings. The number of anilines is 1. The number of nitrogens with one attached hydrogen (secondary N) is 1. The Kier molecular flexibility index (Phi) is 7.25. The Morgan fingerprint density at radius 1 is 1.15 bits per heavy atom. The zero-order chi connectivity index (χ0) is 24.5. The van der Waals surface area contributed by atoms with Gasteiger partial charge >= 0.3 is 0 Å². The summed E-state index contributed by atoms with van der Waals surface area (Å²) >= 11 is 6.35. The van der Waals surface area contributed by atoms with Gasteiger partial charge in [-0.1, -0.05) is 25.4 Å². The number of piperidine rings is 1. The van der Waals surface area contributed by atoms with Gasteiger partial charge < -0.3 is 18.8 Å². The third kappa shape index (κ3) is 5.42. The molecule has 1 saturated heterocycles. The first kappa shape index (κ1) is 24.6. The van der Waals surface area contributed by atoms with Crippen LogP contribution < -0.4 is 19.1 Å². The normalized spacial score (nSPS) is 15.3. The number of benzene rings is 1. The predicted octanol–water partition coefficient (Wildman–Crippen LogP) is 4.22. The number of halogens is 1. The smallest absolute Gasteiger partial charge is 0.212 e. The highest BCUT2D eigenvalue weighted by molar-refractivity contribution is 7.89. The first-order chi connectivity index (χ1) is 16.2. The molecule has 0 aliphatic carbocycles. The van der Waals surface area contributed by atoms with Gasteiger partial charge in [0.2, 0.25) is 10.0 Å². The largest absolute Gasteiger partial charge is 0.496 e. The van der Waals surface area contributed by atoms with Crippen molar-refractivity contribution >= 4 is 33.0 Å². The Hall–Kier alpha value is -2.49. The summed E-state index contributed by atoms with van der Waals surface area (Å²) in [5.74, 6) is 1.45. The fourth-order valence-electron chi connectivity index (χ4n) is 4.35. The summed E-state index contributed by atoms with van der Waals surface area (Å²) in [6, 6.07) is 7.64. The number of fused-ring (bicyclic) bond motifs is 1. The van der Waals surface area contributed by atoms with E-state index >= 15 is 0 Å². The first-order valence-electron chi connectivity index (χ1n) is 11.3. The highest BCUT2D eigenvalue weighted by Gasteiger charge is 2.24. The van der Waals surface area contributed by atoms with Gasteiger partial charge in [-0.2, -0.15) is 0 Å². The summed E-state index contributed by atoms with van der Waals surface area (Å²) in [7, 11) is -0.0682. The molecule has 1 aliphatic rings. The first-order valence-corrected chi connectivity index (χ1v) is 13.4. The fourth-order valence-corrected chi connectivity index (χ4v) is 6.31. The highest BCUT2D eigenvalue weighted by Crippen LogP contribution is 2.38. The molecule has 0 amide bonds. The second kappa shape index (κ2) is 10.0. The SMILES string of the molecule is COc1cc(OC)c(-c2cn3ccc(N4CCC(NS(=O)(=O)CC(C)C)CC4)cc3n2)cc1Cl. The van der Waals surface area contributed by atoms with Gasteiger partial charge in [0.05, 0.1) is 30.7 Å². The molecule has 34 heavy (non-hydrogen) atoms. The predicted molar refractivity (Wildman–Crippen MR) is 136 cm³/mol. The molecular weight excluding hydrogens is 476 g/mol. The molecule has 0 atom stereocenters. The molecule has 1 fully saturated rings. The van der Waals surface area contributed by atoms with E-state index in [0.717, 1.165) is 48.5 Å². The van der Waals surface area contributed by atoms with Gasteiger partial charge in [0.25, 0.3) is 0 Å². The minimum absolute atomic E-state index is 0.0194. The second-order valence-electron chi connectivity index (χ2n) is 9.02. The van der Waals surface area contributed by atoms with Crippen LogP contribution in [0.5, 0.6) is 11.5 Å². The number of hydrogen-bond acceptors (Lipinski definition) is 6. The van der Waals surface area contributed by atoms with Gasteiger partial charge in [-0.25, -0.2) is 18.1 Å². The molecule has 1 aliphatic heterocycles. The third-order valence-electron chi connectivity index (χ3n) is 5.95. The molecule has 2 aromatic heterocycles. The van der Waals surface area contributed by atoms with E-state index in [2.05, 4.69) is 15.7 Å². The molecule has 0 saturated carbocycles. The molecule has 1 aromatic carbocycles. The van der Waals surface area contributed by atoms with Crippen LogP contribution in [0.1, 0.15) is 26.7 Å². The van der Waals surface area contributed by atoms with Crippen LogP contribution in [-0.4, -0.2) is 56.9 Å². The van der Waals surface area contributed by atoms with Crippen LogP contribution in [0.2, 0.25) is 5.02 Å². The Morgan fingerprint density at radius 2 is 1.85 bits per heavy atom. The van der Waals surface area contributed by atoms with Crippen molar-refractivity contribution in [3.05, 3.63) is 41.7 Å². The van der Waals surface area contributed by atoms with Crippen LogP contribution in [0.4, 0.5) is 5.69 Å². The average Bonchev–Trinajstić information content (AvgIpc) is 3.21. The van der Waals surface area contributed by atoms with E-state index in [1.165, 1.54) is 0 Å². The summed E-state index contributed by atoms with van der Waals surface area (Å²) in [5, 5.41) is 0.489. The standard InChI is InChI=1S/C24H31ClN4O4S/c1-16(2)15-34(30,31)27-17-5-8-28(9-6-17)18-7-10-29-14-21(26-24(29)11-18)19-12-20(25)23(33-4)13-22(19)32-3/h7,10-14,16-17,27H,5-6,8-9,15H2,1-4H3. The number of ether oxygens (including phenoxy) is 2. The molecule has 4 rings (SSSR count). The fraction of sp³-hybridized carbons (Fsp3) is 0.458. The highest BCUT2D eigenvalue weighted by atomic mass is 35.5. The van der Waals surface area contributed by atoms with Crippen molar-refractivity contribution in [2.45, 2.75) is 32.7 Å². The summed E-state index contributed by atoms with van der Waals surface area (Å²) in [6.45, 7) is 5.39. The number of aromatic nitrogens is 2. The van der Waals surface area contributed by atoms with Gasteiger partial charge in [0.1, 0.15) is 17.1 Å². The van der Waals surface area contributed by atoms with Gasteiger partial charge in [-0.15, -0.1) is 0 Å². The van der Waals surface area contributed by atoms with E-state index in [0.29, 0.717) is 16.5 Å². The molecule has 0 unspecified atom stereocenters. The monoisotopic (exact) mass is 506 g/mol. The molecule has 184 valence electrons. The zero-order valence-electron chi connectivity index (χ0n) is 19.9. The summed E-state index contributed by atoms with van der Waals surface area (Å²) in [4.78, 5) is 7.07. The topological polar surface area (TPSA) is 85.2 Å². The number of pyridine rings is 1. The quantitative estimate of drug-likeness (QED) is 0.492. The molecule has 0 radical (unpaired) electrons. The average molecular weight is 507 g/mol. The van der Waals surface area contributed by atoms with E-state index < -0.39 is 10.0 Å². The number of sulfonamides is 1. The minimum Gasteiger partial charge on any atom is -0.496 e. The molecule has 1 N–H and O–H groups in total. The van der Waals surface area contributed by atoms with Crippen LogP contribution in [0.3, 0.4) is 0 Å². The lowest BCUT2D eigenvalue weighted by Crippen LogP contribution is -2.45. The van der Waals surface area contributed by atoms with E-state index in [-0.39, 0.29) is 17.7 Å². The molecular formula is C24H31ClN4O4S. The van der Waals surface area contributed by atoms with Crippen molar-refractivity contribution < 1.29 is 17.9 Å². The molecule has 0 spiro atoms. The number of imidazole rings is 1. The van der Waals surface area contributed by atoms with Crippen LogP contribution in [0.15, 0.2) is 36.7 Å².